The van der Waals surface area contributed by atoms with Gasteiger partial charge in [-0.1, -0.05) is 18.2 Å². The third kappa shape index (κ3) is 4.15. The van der Waals surface area contributed by atoms with Crippen LogP contribution in [-0.2, 0) is 25.3 Å². The van der Waals surface area contributed by atoms with E-state index in [-0.39, 0.29) is 11.1 Å². The molecule has 11 heteroatoms. The Morgan fingerprint density at radius 3 is 2.38 bits per heavy atom. The Bertz CT molecular complexity index is 808. The molecule has 0 spiro atoms. The van der Waals surface area contributed by atoms with E-state index in [1.807, 2.05) is 0 Å². The summed E-state index contributed by atoms with van der Waals surface area (Å²) in [7, 11) is -3.16. The van der Waals surface area contributed by atoms with Crippen LogP contribution in [-0.4, -0.2) is 56.1 Å². The van der Waals surface area contributed by atoms with Crippen LogP contribution in [0.1, 0.15) is 15.9 Å². The summed E-state index contributed by atoms with van der Waals surface area (Å²) in [4.78, 5) is 22.8. The van der Waals surface area contributed by atoms with E-state index in [2.05, 4.69) is 4.74 Å². The van der Waals surface area contributed by atoms with Crippen LogP contribution < -0.4 is 0 Å². The number of esters is 1. The molecule has 2 rings (SSSR count). The molecule has 7 nitrogen and oxygen atoms in total. The van der Waals surface area contributed by atoms with Gasteiger partial charge in [0.25, 0.3) is 0 Å². The van der Waals surface area contributed by atoms with E-state index in [0.717, 1.165) is 7.11 Å². The maximum absolute atomic E-state index is 13.0. The number of hydrogen-bond acceptors (Lipinski definition) is 5. The van der Waals surface area contributed by atoms with E-state index < -0.39 is 58.8 Å². The van der Waals surface area contributed by atoms with Gasteiger partial charge in [-0.15, -0.1) is 0 Å². The number of carboxylic acid groups (broad SMARTS) is 1. The molecule has 26 heavy (non-hydrogen) atoms. The van der Waals surface area contributed by atoms with Crippen molar-refractivity contribution in [2.45, 2.75) is 11.9 Å². The van der Waals surface area contributed by atoms with E-state index in [4.69, 9.17) is 5.11 Å². The molecule has 1 aromatic carbocycles. The number of hydrogen-bond donors (Lipinski definition) is 1. The largest absolute Gasteiger partial charge is 0.481 e. The highest BCUT2D eigenvalue weighted by Gasteiger charge is 2.54. The van der Waals surface area contributed by atoms with Crippen molar-refractivity contribution in [2.75, 3.05) is 20.2 Å². The third-order valence-electron chi connectivity index (χ3n) is 4.18. The molecule has 1 aliphatic rings. The van der Waals surface area contributed by atoms with Gasteiger partial charge in [0.15, 0.2) is 0 Å². The molecule has 1 aliphatic heterocycles. The molecule has 0 bridgehead atoms. The topological polar surface area (TPSA) is 101 Å². The summed E-state index contributed by atoms with van der Waals surface area (Å²) >= 11 is 0. The second-order valence-corrected chi connectivity index (χ2v) is 7.78. The Morgan fingerprint density at radius 1 is 1.27 bits per heavy atom. The zero-order chi connectivity index (χ0) is 19.7. The van der Waals surface area contributed by atoms with Crippen LogP contribution in [0.15, 0.2) is 24.3 Å². The van der Waals surface area contributed by atoms with Gasteiger partial charge in [0.2, 0.25) is 10.0 Å². The Balaban J connectivity index is 2.30. The van der Waals surface area contributed by atoms with E-state index in [0.29, 0.717) is 4.31 Å². The normalized spacial score (nSPS) is 21.5. The lowest BCUT2D eigenvalue weighted by molar-refractivity contribution is -0.187. The third-order valence-corrected chi connectivity index (χ3v) is 5.94. The lowest BCUT2D eigenvalue weighted by Crippen LogP contribution is -2.34. The molecule has 1 aromatic rings. The Morgan fingerprint density at radius 2 is 1.88 bits per heavy atom. The van der Waals surface area contributed by atoms with Gasteiger partial charge in [0.1, 0.15) is 0 Å². The van der Waals surface area contributed by atoms with Gasteiger partial charge in [-0.25, -0.2) is 17.5 Å². The predicted molar refractivity (Wildman–Crippen MR) is 82.6 cm³/mol. The van der Waals surface area contributed by atoms with Gasteiger partial charge >= 0.3 is 18.1 Å². The molecule has 1 N–H and O–H groups in total. The first-order chi connectivity index (χ1) is 12.0. The predicted octanol–water partition coefficient (Wildman–Crippen LogP) is 1.50. The van der Waals surface area contributed by atoms with E-state index in [1.165, 1.54) is 24.3 Å². The van der Waals surface area contributed by atoms with E-state index in [9.17, 15) is 31.2 Å². The van der Waals surface area contributed by atoms with Crippen molar-refractivity contribution in [3.8, 4) is 0 Å². The van der Waals surface area contributed by atoms with Crippen molar-refractivity contribution < 1.29 is 41.0 Å². The van der Waals surface area contributed by atoms with Gasteiger partial charge in [0, 0.05) is 13.1 Å². The summed E-state index contributed by atoms with van der Waals surface area (Å²) in [6, 6.07) is 5.63. The average molecular weight is 395 g/mol. The molecule has 0 unspecified atom stereocenters. The summed E-state index contributed by atoms with van der Waals surface area (Å²) in [6.45, 7) is -1.74. The summed E-state index contributed by atoms with van der Waals surface area (Å²) in [6.07, 6.45) is -4.84. The van der Waals surface area contributed by atoms with Crippen LogP contribution in [0.3, 0.4) is 0 Å². The Hall–Kier alpha value is -2.14. The number of methoxy groups -OCH3 is 1. The van der Waals surface area contributed by atoms with Crippen molar-refractivity contribution in [3.05, 3.63) is 35.4 Å². The number of aliphatic carboxylic acids is 1. The maximum Gasteiger partial charge on any atom is 0.393 e. The SMILES string of the molecule is COC(=O)c1ccccc1CS(=O)(=O)N1C[C@@H](C(F)(F)F)[C@H](C(=O)O)C1. The second kappa shape index (κ2) is 7.23. The number of carbonyl (C=O) groups is 2. The number of halogens is 3. The van der Waals surface area contributed by atoms with Crippen molar-refractivity contribution in [2.24, 2.45) is 11.8 Å². The molecule has 0 saturated carbocycles. The van der Waals surface area contributed by atoms with Gasteiger partial charge in [-0.2, -0.15) is 13.2 Å². The highest BCUT2D eigenvalue weighted by molar-refractivity contribution is 7.88. The van der Waals surface area contributed by atoms with Crippen molar-refractivity contribution in [1.29, 1.82) is 0 Å². The van der Waals surface area contributed by atoms with Crippen molar-refractivity contribution in [1.82, 2.24) is 4.31 Å². The zero-order valence-corrected chi connectivity index (χ0v) is 14.4. The quantitative estimate of drug-likeness (QED) is 0.759. The number of ether oxygens (including phenoxy) is 1. The lowest BCUT2D eigenvalue weighted by atomic mass is 9.96. The first-order valence-corrected chi connectivity index (χ1v) is 9.02. The molecule has 1 heterocycles. The van der Waals surface area contributed by atoms with Gasteiger partial charge < -0.3 is 9.84 Å². The minimum atomic E-state index is -4.84. The van der Waals surface area contributed by atoms with E-state index in [1.54, 1.807) is 0 Å². The monoisotopic (exact) mass is 395 g/mol. The fourth-order valence-electron chi connectivity index (χ4n) is 2.82. The number of sulfonamides is 1. The summed E-state index contributed by atoms with van der Waals surface area (Å²) < 4.78 is 69.2. The highest BCUT2D eigenvalue weighted by Crippen LogP contribution is 2.39. The molecular weight excluding hydrogens is 379 g/mol. The Labute approximate surface area is 147 Å². The van der Waals surface area contributed by atoms with Crippen LogP contribution in [0.25, 0.3) is 0 Å². The number of carboxylic acids is 1. The Kier molecular flexibility index (Phi) is 5.61. The molecule has 1 saturated heterocycles. The summed E-state index contributed by atoms with van der Waals surface area (Å²) in [5.41, 5.74) is 0.0293. The fraction of sp³-hybridized carbons (Fsp3) is 0.467. The van der Waals surface area contributed by atoms with Crippen LogP contribution in [0.2, 0.25) is 0 Å². The first-order valence-electron chi connectivity index (χ1n) is 7.41. The minimum absolute atomic E-state index is 0.0278. The van der Waals surface area contributed by atoms with Crippen LogP contribution in [0, 0.1) is 11.8 Å². The minimum Gasteiger partial charge on any atom is -0.481 e. The number of nitrogens with zero attached hydrogens (tertiary/aromatic N) is 1. The van der Waals surface area contributed by atoms with Gasteiger partial charge in [0.05, 0.1) is 30.3 Å². The molecule has 0 aliphatic carbocycles. The van der Waals surface area contributed by atoms with Crippen LogP contribution >= 0.6 is 0 Å². The molecule has 2 atom stereocenters. The van der Waals surface area contributed by atoms with Gasteiger partial charge in [-0.05, 0) is 11.6 Å². The standard InChI is InChI=1S/C15H16F3NO6S/c1-25-14(22)10-5-3-2-4-9(10)8-26(23,24)19-6-11(13(20)21)12(7-19)15(16,17)18/h2-5,11-12H,6-8H2,1H3,(H,20,21)/t11-,12-/m1/s1. The average Bonchev–Trinajstić information content (AvgIpc) is 3.01. The summed E-state index contributed by atoms with van der Waals surface area (Å²) in [5, 5.41) is 8.99. The maximum atomic E-state index is 13.0. The smallest absolute Gasteiger partial charge is 0.393 e. The molecule has 1 fully saturated rings. The molecular formula is C15H16F3NO6S. The van der Waals surface area contributed by atoms with Crippen molar-refractivity contribution >= 4 is 22.0 Å². The van der Waals surface area contributed by atoms with Crippen molar-refractivity contribution in [3.63, 3.8) is 0 Å². The van der Waals surface area contributed by atoms with Crippen LogP contribution in [0.4, 0.5) is 13.2 Å². The number of alkyl halides is 3. The van der Waals surface area contributed by atoms with Gasteiger partial charge in [-0.3, -0.25) is 4.79 Å². The first kappa shape index (κ1) is 20.2. The molecule has 0 aromatic heterocycles. The summed E-state index contributed by atoms with van der Waals surface area (Å²) in [5.74, 6) is -7.39. The number of benzene rings is 1. The highest BCUT2D eigenvalue weighted by atomic mass is 32.2. The van der Waals surface area contributed by atoms with Crippen LogP contribution in [0.5, 0.6) is 0 Å². The number of rotatable bonds is 5. The molecule has 144 valence electrons. The zero-order valence-electron chi connectivity index (χ0n) is 13.6. The van der Waals surface area contributed by atoms with E-state index >= 15 is 0 Å². The molecule has 0 amide bonds. The lowest BCUT2D eigenvalue weighted by Gasteiger charge is -2.19. The molecule has 0 radical (unpaired) electrons. The second-order valence-electron chi connectivity index (χ2n) is 5.81. The fourth-order valence-corrected chi connectivity index (χ4v) is 4.42. The number of carbonyl (C=O) groups excluding carboxylic acids is 1.